The van der Waals surface area contributed by atoms with Gasteiger partial charge in [0.25, 0.3) is 0 Å². The van der Waals surface area contributed by atoms with Gasteiger partial charge in [0.15, 0.2) is 0 Å². The molecule has 21 heavy (non-hydrogen) atoms. The Bertz CT molecular complexity index is 618. The van der Waals surface area contributed by atoms with Crippen LogP contribution in [0.1, 0.15) is 36.6 Å². The molecule has 1 atom stereocenters. The molecule has 0 bridgehead atoms. The van der Waals surface area contributed by atoms with E-state index in [2.05, 4.69) is 48.7 Å². The molecule has 2 aromatic rings. The highest BCUT2D eigenvalue weighted by Crippen LogP contribution is 2.30. The maximum Gasteiger partial charge on any atom is 0.122 e. The summed E-state index contributed by atoms with van der Waals surface area (Å²) < 4.78 is 7.44. The van der Waals surface area contributed by atoms with Crippen LogP contribution in [0.15, 0.2) is 30.6 Å². The second-order valence-electron chi connectivity index (χ2n) is 6.09. The molecule has 1 aromatic carbocycles. The van der Waals surface area contributed by atoms with Gasteiger partial charge in [0.05, 0.1) is 12.8 Å². The number of ether oxygens (including phenoxy) is 1. The molecule has 0 fully saturated rings. The van der Waals surface area contributed by atoms with Gasteiger partial charge in [-0.3, -0.25) is 4.68 Å². The van der Waals surface area contributed by atoms with Crippen molar-refractivity contribution in [2.24, 2.45) is 13.0 Å². The first-order chi connectivity index (χ1) is 10.1. The van der Waals surface area contributed by atoms with E-state index in [0.717, 1.165) is 25.3 Å². The molecule has 1 aromatic heterocycles. The van der Waals surface area contributed by atoms with Crippen molar-refractivity contribution in [1.29, 1.82) is 0 Å². The van der Waals surface area contributed by atoms with Crippen LogP contribution < -0.4 is 10.1 Å². The fourth-order valence-electron chi connectivity index (χ4n) is 2.93. The van der Waals surface area contributed by atoms with Crippen molar-refractivity contribution in [2.45, 2.75) is 32.9 Å². The molecule has 0 spiro atoms. The van der Waals surface area contributed by atoms with E-state index in [1.807, 2.05) is 17.9 Å². The number of hydrogen-bond acceptors (Lipinski definition) is 3. The van der Waals surface area contributed by atoms with Crippen LogP contribution in [0.3, 0.4) is 0 Å². The third kappa shape index (κ3) is 3.10. The normalized spacial score (nSPS) is 15.0. The molecule has 1 aliphatic heterocycles. The first-order valence-electron chi connectivity index (χ1n) is 7.60. The van der Waals surface area contributed by atoms with E-state index in [1.165, 1.54) is 16.7 Å². The van der Waals surface area contributed by atoms with Gasteiger partial charge in [-0.15, -0.1) is 0 Å². The molecule has 0 amide bonds. The Balaban J connectivity index is 1.75. The van der Waals surface area contributed by atoms with Crippen LogP contribution in [0.2, 0.25) is 0 Å². The lowest BCUT2D eigenvalue weighted by molar-refractivity contribution is 0.356. The van der Waals surface area contributed by atoms with Crippen LogP contribution in [0.4, 0.5) is 0 Å². The maximum absolute atomic E-state index is 5.59. The second kappa shape index (κ2) is 5.90. The Labute approximate surface area is 126 Å². The number of rotatable bonds is 5. The third-order valence-electron chi connectivity index (χ3n) is 4.02. The summed E-state index contributed by atoms with van der Waals surface area (Å²) in [5.74, 6) is 1.58. The second-order valence-corrected chi connectivity index (χ2v) is 6.09. The van der Waals surface area contributed by atoms with Gasteiger partial charge in [-0.2, -0.15) is 5.10 Å². The lowest BCUT2D eigenvalue weighted by Crippen LogP contribution is -2.25. The average Bonchev–Trinajstić information content (AvgIpc) is 3.07. The zero-order valence-electron chi connectivity index (χ0n) is 13.0. The van der Waals surface area contributed by atoms with Crippen molar-refractivity contribution in [3.8, 4) is 5.75 Å². The molecule has 1 aliphatic rings. The molecule has 0 radical (unpaired) electrons. The molecule has 0 saturated carbocycles. The highest BCUT2D eigenvalue weighted by Gasteiger charge is 2.19. The van der Waals surface area contributed by atoms with E-state index in [1.54, 1.807) is 0 Å². The minimum Gasteiger partial charge on any atom is -0.493 e. The molecule has 4 heteroatoms. The molecule has 0 aliphatic carbocycles. The quantitative estimate of drug-likeness (QED) is 0.918. The molecule has 3 rings (SSSR count). The van der Waals surface area contributed by atoms with Crippen LogP contribution in [-0.2, 0) is 20.0 Å². The lowest BCUT2D eigenvalue weighted by Gasteiger charge is -2.23. The SMILES string of the molecule is CC(C)[C@@H](NCc1cnn(C)c1)c1ccc2c(c1)CCO2. The van der Waals surface area contributed by atoms with Crippen molar-refractivity contribution in [2.75, 3.05) is 6.61 Å². The Morgan fingerprint density at radius 1 is 1.38 bits per heavy atom. The number of hydrogen-bond donors (Lipinski definition) is 1. The molecule has 2 heterocycles. The van der Waals surface area contributed by atoms with E-state index in [9.17, 15) is 0 Å². The molecule has 0 unspecified atom stereocenters. The summed E-state index contributed by atoms with van der Waals surface area (Å²) in [6.45, 7) is 6.16. The van der Waals surface area contributed by atoms with Crippen molar-refractivity contribution in [3.05, 3.63) is 47.3 Å². The van der Waals surface area contributed by atoms with E-state index in [0.29, 0.717) is 12.0 Å². The average molecular weight is 285 g/mol. The minimum atomic E-state index is 0.344. The van der Waals surface area contributed by atoms with Crippen LogP contribution in [0.25, 0.3) is 0 Å². The van der Waals surface area contributed by atoms with Crippen LogP contribution in [0, 0.1) is 5.92 Å². The van der Waals surface area contributed by atoms with Gasteiger partial charge in [0, 0.05) is 37.8 Å². The molecule has 112 valence electrons. The van der Waals surface area contributed by atoms with Gasteiger partial charge in [0.1, 0.15) is 5.75 Å². The van der Waals surface area contributed by atoms with Gasteiger partial charge >= 0.3 is 0 Å². The predicted molar refractivity (Wildman–Crippen MR) is 83.3 cm³/mol. The van der Waals surface area contributed by atoms with Crippen molar-refractivity contribution >= 4 is 0 Å². The Kier molecular flexibility index (Phi) is 3.97. The van der Waals surface area contributed by atoms with Gasteiger partial charge in [0.2, 0.25) is 0 Å². The van der Waals surface area contributed by atoms with Gasteiger partial charge in [-0.05, 0) is 23.1 Å². The summed E-state index contributed by atoms with van der Waals surface area (Å²) in [5, 5.41) is 7.88. The van der Waals surface area contributed by atoms with Crippen LogP contribution >= 0.6 is 0 Å². The zero-order chi connectivity index (χ0) is 14.8. The van der Waals surface area contributed by atoms with Gasteiger partial charge in [-0.1, -0.05) is 26.0 Å². The number of nitrogens with zero attached hydrogens (tertiary/aromatic N) is 2. The number of fused-ring (bicyclic) bond motifs is 1. The standard InChI is InChI=1S/C17H23N3O/c1-12(2)17(18-9-13-10-19-20(3)11-13)15-4-5-16-14(8-15)6-7-21-16/h4-5,8,10-12,17-18H,6-7,9H2,1-3H3/t17-/m1/s1. The Hall–Kier alpha value is -1.81. The summed E-state index contributed by atoms with van der Waals surface area (Å²) >= 11 is 0. The summed E-state index contributed by atoms with van der Waals surface area (Å²) in [7, 11) is 1.95. The first-order valence-corrected chi connectivity index (χ1v) is 7.60. The number of benzene rings is 1. The topological polar surface area (TPSA) is 39.1 Å². The van der Waals surface area contributed by atoms with Crippen LogP contribution in [-0.4, -0.2) is 16.4 Å². The fourth-order valence-corrected chi connectivity index (χ4v) is 2.93. The van der Waals surface area contributed by atoms with E-state index in [-0.39, 0.29) is 0 Å². The number of nitrogens with one attached hydrogen (secondary N) is 1. The zero-order valence-corrected chi connectivity index (χ0v) is 13.0. The van der Waals surface area contributed by atoms with E-state index < -0.39 is 0 Å². The largest absolute Gasteiger partial charge is 0.493 e. The van der Waals surface area contributed by atoms with Crippen molar-refractivity contribution in [3.63, 3.8) is 0 Å². The van der Waals surface area contributed by atoms with Gasteiger partial charge in [-0.25, -0.2) is 0 Å². The number of aryl methyl sites for hydroxylation is 1. The molecule has 1 N–H and O–H groups in total. The maximum atomic E-state index is 5.59. The van der Waals surface area contributed by atoms with Gasteiger partial charge < -0.3 is 10.1 Å². The highest BCUT2D eigenvalue weighted by molar-refractivity contribution is 5.41. The molecular formula is C17H23N3O. The monoisotopic (exact) mass is 285 g/mol. The summed E-state index contributed by atoms with van der Waals surface area (Å²) in [6.07, 6.45) is 5.00. The number of aromatic nitrogens is 2. The Morgan fingerprint density at radius 2 is 2.24 bits per heavy atom. The minimum absolute atomic E-state index is 0.344. The fraction of sp³-hybridized carbons (Fsp3) is 0.471. The first kappa shape index (κ1) is 14.1. The van der Waals surface area contributed by atoms with Crippen molar-refractivity contribution < 1.29 is 4.74 Å². The molecular weight excluding hydrogens is 262 g/mol. The van der Waals surface area contributed by atoms with Crippen molar-refractivity contribution in [1.82, 2.24) is 15.1 Å². The van der Waals surface area contributed by atoms with Crippen LogP contribution in [0.5, 0.6) is 5.75 Å². The molecule has 4 nitrogen and oxygen atoms in total. The summed E-state index contributed by atoms with van der Waals surface area (Å²) in [5.41, 5.74) is 3.90. The summed E-state index contributed by atoms with van der Waals surface area (Å²) in [4.78, 5) is 0. The predicted octanol–water partition coefficient (Wildman–Crippen LogP) is 2.84. The smallest absolute Gasteiger partial charge is 0.122 e. The van der Waals surface area contributed by atoms with E-state index >= 15 is 0 Å². The highest BCUT2D eigenvalue weighted by atomic mass is 16.5. The third-order valence-corrected chi connectivity index (χ3v) is 4.02. The van der Waals surface area contributed by atoms with E-state index in [4.69, 9.17) is 4.74 Å². The Morgan fingerprint density at radius 3 is 2.95 bits per heavy atom. The molecule has 0 saturated heterocycles. The lowest BCUT2D eigenvalue weighted by atomic mass is 9.94. The summed E-state index contributed by atoms with van der Waals surface area (Å²) in [6, 6.07) is 6.93.